The van der Waals surface area contributed by atoms with Gasteiger partial charge in [0.15, 0.2) is 12.4 Å². The van der Waals surface area contributed by atoms with E-state index in [1.165, 1.54) is 0 Å². The van der Waals surface area contributed by atoms with E-state index in [1.807, 2.05) is 31.2 Å². The van der Waals surface area contributed by atoms with Gasteiger partial charge in [-0.05, 0) is 35.0 Å². The van der Waals surface area contributed by atoms with Gasteiger partial charge in [-0.2, -0.15) is 5.10 Å². The maximum atomic E-state index is 11.7. The number of nitrogens with zero attached hydrogens (tertiary/aromatic N) is 2. The van der Waals surface area contributed by atoms with E-state index in [2.05, 4.69) is 26.3 Å². The summed E-state index contributed by atoms with van der Waals surface area (Å²) in [6, 6.07) is 7.42. The van der Waals surface area contributed by atoms with Crippen LogP contribution in [0.15, 0.2) is 41.1 Å². The second kappa shape index (κ2) is 6.38. The molecule has 2 rings (SSSR count). The number of hydrogen-bond donors (Lipinski definition) is 1. The SMILES string of the molecule is CCn1cc(OCC(=O)Nc2ccccc2Br)cn1. The summed E-state index contributed by atoms with van der Waals surface area (Å²) in [5.74, 6) is 0.375. The normalized spacial score (nSPS) is 10.2. The Morgan fingerprint density at radius 2 is 2.26 bits per heavy atom. The third kappa shape index (κ3) is 3.82. The predicted octanol–water partition coefficient (Wildman–Crippen LogP) is 2.68. The number of rotatable bonds is 5. The van der Waals surface area contributed by atoms with Gasteiger partial charge >= 0.3 is 0 Å². The third-order valence-corrected chi connectivity index (χ3v) is 3.14. The molecule has 0 fully saturated rings. The first-order chi connectivity index (χ1) is 9.19. The zero-order valence-corrected chi connectivity index (χ0v) is 12.1. The fourth-order valence-electron chi connectivity index (χ4n) is 1.49. The molecule has 5 nitrogen and oxygen atoms in total. The van der Waals surface area contributed by atoms with Gasteiger partial charge in [0.2, 0.25) is 0 Å². The monoisotopic (exact) mass is 323 g/mol. The molecular weight excluding hydrogens is 310 g/mol. The molecule has 0 spiro atoms. The third-order valence-electron chi connectivity index (χ3n) is 2.45. The summed E-state index contributed by atoms with van der Waals surface area (Å²) in [7, 11) is 0. The number of hydrogen-bond acceptors (Lipinski definition) is 3. The minimum atomic E-state index is -0.212. The summed E-state index contributed by atoms with van der Waals surface area (Å²) in [6.07, 6.45) is 3.35. The van der Waals surface area contributed by atoms with Crippen molar-refractivity contribution in [1.29, 1.82) is 0 Å². The molecule has 1 heterocycles. The van der Waals surface area contributed by atoms with Gasteiger partial charge in [0, 0.05) is 11.0 Å². The van der Waals surface area contributed by atoms with Crippen molar-refractivity contribution in [3.05, 3.63) is 41.1 Å². The van der Waals surface area contributed by atoms with Gasteiger partial charge in [0.05, 0.1) is 18.1 Å². The molecule has 0 saturated carbocycles. The minimum absolute atomic E-state index is 0.0449. The Morgan fingerprint density at radius 3 is 2.95 bits per heavy atom. The highest BCUT2D eigenvalue weighted by Crippen LogP contribution is 2.21. The van der Waals surface area contributed by atoms with Crippen LogP contribution in [0.2, 0.25) is 0 Å². The van der Waals surface area contributed by atoms with Crippen LogP contribution < -0.4 is 10.1 Å². The molecule has 100 valence electrons. The molecule has 1 aromatic carbocycles. The molecule has 0 aliphatic carbocycles. The van der Waals surface area contributed by atoms with Crippen molar-refractivity contribution in [2.24, 2.45) is 0 Å². The summed E-state index contributed by atoms with van der Waals surface area (Å²) in [6.45, 7) is 2.71. The van der Waals surface area contributed by atoms with Crippen molar-refractivity contribution in [1.82, 2.24) is 9.78 Å². The van der Waals surface area contributed by atoms with Gasteiger partial charge in [-0.1, -0.05) is 12.1 Å². The molecule has 0 radical (unpaired) electrons. The second-order valence-electron chi connectivity index (χ2n) is 3.85. The first-order valence-corrected chi connectivity index (χ1v) is 6.68. The molecule has 0 aliphatic heterocycles. The predicted molar refractivity (Wildman–Crippen MR) is 76.2 cm³/mol. The molecule has 19 heavy (non-hydrogen) atoms. The molecule has 0 bridgehead atoms. The lowest BCUT2D eigenvalue weighted by atomic mass is 10.3. The zero-order valence-electron chi connectivity index (χ0n) is 10.5. The van der Waals surface area contributed by atoms with Crippen molar-refractivity contribution in [2.75, 3.05) is 11.9 Å². The fraction of sp³-hybridized carbons (Fsp3) is 0.231. The average Bonchev–Trinajstić information content (AvgIpc) is 2.87. The van der Waals surface area contributed by atoms with Gasteiger partial charge in [-0.25, -0.2) is 0 Å². The summed E-state index contributed by atoms with van der Waals surface area (Å²) >= 11 is 3.36. The maximum absolute atomic E-state index is 11.7. The van der Waals surface area contributed by atoms with Crippen LogP contribution in [0.4, 0.5) is 5.69 Å². The van der Waals surface area contributed by atoms with Gasteiger partial charge in [-0.3, -0.25) is 9.48 Å². The van der Waals surface area contributed by atoms with Gasteiger partial charge in [0.25, 0.3) is 5.91 Å². The molecule has 0 aliphatic rings. The maximum Gasteiger partial charge on any atom is 0.262 e. The highest BCUT2D eigenvalue weighted by molar-refractivity contribution is 9.10. The van der Waals surface area contributed by atoms with Crippen LogP contribution in [0.25, 0.3) is 0 Å². The molecular formula is C13H14BrN3O2. The molecule has 2 aromatic rings. The van der Waals surface area contributed by atoms with Crippen LogP contribution in [-0.2, 0) is 11.3 Å². The van der Waals surface area contributed by atoms with Crippen LogP contribution >= 0.6 is 15.9 Å². The Bertz CT molecular complexity index is 569. The first kappa shape index (κ1) is 13.6. The molecule has 0 saturated heterocycles. The van der Waals surface area contributed by atoms with Crippen molar-refractivity contribution < 1.29 is 9.53 Å². The average molecular weight is 324 g/mol. The van der Waals surface area contributed by atoms with Crippen molar-refractivity contribution in [2.45, 2.75) is 13.5 Å². The number of halogens is 1. The number of para-hydroxylation sites is 1. The number of ether oxygens (including phenoxy) is 1. The number of nitrogens with one attached hydrogen (secondary N) is 1. The number of amides is 1. The Balaban J connectivity index is 1.86. The van der Waals surface area contributed by atoms with E-state index in [9.17, 15) is 4.79 Å². The van der Waals surface area contributed by atoms with Crippen molar-refractivity contribution in [3.63, 3.8) is 0 Å². The highest BCUT2D eigenvalue weighted by Gasteiger charge is 2.06. The van der Waals surface area contributed by atoms with Crippen LogP contribution in [-0.4, -0.2) is 22.3 Å². The molecule has 0 atom stereocenters. The van der Waals surface area contributed by atoms with E-state index < -0.39 is 0 Å². The lowest BCUT2D eigenvalue weighted by molar-refractivity contribution is -0.118. The second-order valence-corrected chi connectivity index (χ2v) is 4.70. The van der Waals surface area contributed by atoms with Crippen LogP contribution in [0, 0.1) is 0 Å². The number of carbonyl (C=O) groups excluding carboxylic acids is 1. The number of anilines is 1. The molecule has 1 amide bonds. The zero-order chi connectivity index (χ0) is 13.7. The summed E-state index contributed by atoms with van der Waals surface area (Å²) in [4.78, 5) is 11.7. The molecule has 6 heteroatoms. The largest absolute Gasteiger partial charge is 0.480 e. The Kier molecular flexibility index (Phi) is 4.57. The number of benzene rings is 1. The Morgan fingerprint density at radius 1 is 1.47 bits per heavy atom. The van der Waals surface area contributed by atoms with E-state index in [-0.39, 0.29) is 12.5 Å². The Hall–Kier alpha value is -1.82. The van der Waals surface area contributed by atoms with E-state index in [0.29, 0.717) is 5.75 Å². The number of aryl methyl sites for hydroxylation is 1. The van der Waals surface area contributed by atoms with E-state index in [0.717, 1.165) is 16.7 Å². The van der Waals surface area contributed by atoms with E-state index in [4.69, 9.17) is 4.74 Å². The lowest BCUT2D eigenvalue weighted by Crippen LogP contribution is -2.20. The standard InChI is InChI=1S/C13H14BrN3O2/c1-2-17-8-10(7-15-17)19-9-13(18)16-12-6-4-3-5-11(12)14/h3-8H,2,9H2,1H3,(H,16,18). The minimum Gasteiger partial charge on any atom is -0.480 e. The fourth-order valence-corrected chi connectivity index (χ4v) is 1.87. The molecule has 0 unspecified atom stereocenters. The summed E-state index contributed by atoms with van der Waals surface area (Å²) < 4.78 is 7.92. The Labute approximate surface area is 119 Å². The van der Waals surface area contributed by atoms with Crippen molar-refractivity contribution in [3.8, 4) is 5.75 Å². The number of carbonyl (C=O) groups is 1. The molecule has 1 N–H and O–H groups in total. The highest BCUT2D eigenvalue weighted by atomic mass is 79.9. The van der Waals surface area contributed by atoms with Crippen LogP contribution in [0.3, 0.4) is 0 Å². The summed E-state index contributed by atoms with van der Waals surface area (Å²) in [5.41, 5.74) is 0.723. The first-order valence-electron chi connectivity index (χ1n) is 5.88. The molecule has 1 aromatic heterocycles. The van der Waals surface area contributed by atoms with Gasteiger partial charge < -0.3 is 10.1 Å². The van der Waals surface area contributed by atoms with E-state index >= 15 is 0 Å². The summed E-state index contributed by atoms with van der Waals surface area (Å²) in [5, 5.41) is 6.83. The van der Waals surface area contributed by atoms with Gasteiger partial charge in [0.1, 0.15) is 0 Å². The number of aromatic nitrogens is 2. The topological polar surface area (TPSA) is 56.1 Å². The quantitative estimate of drug-likeness (QED) is 0.920. The lowest BCUT2D eigenvalue weighted by Gasteiger charge is -2.07. The van der Waals surface area contributed by atoms with Gasteiger partial charge in [-0.15, -0.1) is 0 Å². The van der Waals surface area contributed by atoms with Crippen LogP contribution in [0.5, 0.6) is 5.75 Å². The smallest absolute Gasteiger partial charge is 0.262 e. The van der Waals surface area contributed by atoms with Crippen molar-refractivity contribution >= 4 is 27.5 Å². The van der Waals surface area contributed by atoms with Crippen LogP contribution in [0.1, 0.15) is 6.92 Å². The van der Waals surface area contributed by atoms with E-state index in [1.54, 1.807) is 17.1 Å².